The number of hydrogen-bond acceptors (Lipinski definition) is 1. The van der Waals surface area contributed by atoms with Crippen LogP contribution >= 0.6 is 0 Å². The SMILES string of the molecule is CC(C)C=NC1=CCCC1C. The maximum atomic E-state index is 4.44. The van der Waals surface area contributed by atoms with Crippen molar-refractivity contribution in [2.75, 3.05) is 0 Å². The Hall–Kier alpha value is -0.590. The van der Waals surface area contributed by atoms with Crippen molar-refractivity contribution < 1.29 is 0 Å². The maximum absolute atomic E-state index is 4.44. The smallest absolute Gasteiger partial charge is 0.0388 e. The van der Waals surface area contributed by atoms with Crippen molar-refractivity contribution in [2.24, 2.45) is 16.8 Å². The number of aliphatic imine (C=N–C) groups is 1. The molecular formula is C10H17N. The summed E-state index contributed by atoms with van der Waals surface area (Å²) in [5.74, 6) is 1.26. The summed E-state index contributed by atoms with van der Waals surface area (Å²) in [5, 5.41) is 0. The van der Waals surface area contributed by atoms with Crippen molar-refractivity contribution in [1.82, 2.24) is 0 Å². The molecule has 0 aliphatic heterocycles. The van der Waals surface area contributed by atoms with Crippen LogP contribution in [0.2, 0.25) is 0 Å². The minimum absolute atomic E-state index is 0.573. The van der Waals surface area contributed by atoms with Crippen LogP contribution in [0.15, 0.2) is 16.8 Å². The van der Waals surface area contributed by atoms with Gasteiger partial charge in [-0.25, -0.2) is 0 Å². The molecular weight excluding hydrogens is 134 g/mol. The molecule has 1 unspecified atom stereocenters. The Labute approximate surface area is 69.2 Å². The molecule has 1 rings (SSSR count). The molecule has 0 fully saturated rings. The Kier molecular flexibility index (Phi) is 2.86. The van der Waals surface area contributed by atoms with Gasteiger partial charge in [-0.1, -0.05) is 26.8 Å². The second kappa shape index (κ2) is 3.70. The summed E-state index contributed by atoms with van der Waals surface area (Å²) in [6, 6.07) is 0. The van der Waals surface area contributed by atoms with Gasteiger partial charge in [0.05, 0.1) is 0 Å². The van der Waals surface area contributed by atoms with Crippen molar-refractivity contribution in [3.05, 3.63) is 11.8 Å². The van der Waals surface area contributed by atoms with Gasteiger partial charge in [-0.2, -0.15) is 0 Å². The minimum Gasteiger partial charge on any atom is -0.265 e. The predicted molar refractivity (Wildman–Crippen MR) is 49.8 cm³/mol. The highest BCUT2D eigenvalue weighted by atomic mass is 14.7. The zero-order valence-electron chi connectivity index (χ0n) is 7.67. The third-order valence-electron chi connectivity index (χ3n) is 1.98. The normalized spacial score (nSPS) is 25.1. The first-order valence-electron chi connectivity index (χ1n) is 4.44. The Morgan fingerprint density at radius 1 is 1.64 bits per heavy atom. The van der Waals surface area contributed by atoms with Crippen LogP contribution in [0.1, 0.15) is 33.6 Å². The highest BCUT2D eigenvalue weighted by Gasteiger charge is 2.12. The molecule has 0 radical (unpaired) electrons. The first kappa shape index (κ1) is 8.51. The molecule has 0 saturated heterocycles. The lowest BCUT2D eigenvalue weighted by Crippen LogP contribution is -1.93. The van der Waals surface area contributed by atoms with E-state index in [-0.39, 0.29) is 0 Å². The van der Waals surface area contributed by atoms with Gasteiger partial charge in [0.25, 0.3) is 0 Å². The first-order valence-corrected chi connectivity index (χ1v) is 4.44. The van der Waals surface area contributed by atoms with Crippen LogP contribution in [0.4, 0.5) is 0 Å². The van der Waals surface area contributed by atoms with E-state index < -0.39 is 0 Å². The molecule has 0 aromatic heterocycles. The third kappa shape index (κ3) is 2.49. The van der Waals surface area contributed by atoms with Crippen LogP contribution in [-0.2, 0) is 0 Å². The second-order valence-corrected chi connectivity index (χ2v) is 3.63. The van der Waals surface area contributed by atoms with Gasteiger partial charge in [0.15, 0.2) is 0 Å². The van der Waals surface area contributed by atoms with E-state index in [1.807, 2.05) is 6.21 Å². The zero-order chi connectivity index (χ0) is 8.27. The summed E-state index contributed by atoms with van der Waals surface area (Å²) in [5.41, 5.74) is 1.29. The van der Waals surface area contributed by atoms with E-state index in [2.05, 4.69) is 31.8 Å². The average Bonchev–Trinajstić information content (AvgIpc) is 2.31. The van der Waals surface area contributed by atoms with Gasteiger partial charge < -0.3 is 0 Å². The van der Waals surface area contributed by atoms with Gasteiger partial charge in [-0.15, -0.1) is 0 Å². The average molecular weight is 151 g/mol. The molecule has 1 nitrogen and oxygen atoms in total. The molecule has 0 spiro atoms. The maximum Gasteiger partial charge on any atom is 0.0388 e. The first-order chi connectivity index (χ1) is 5.20. The predicted octanol–water partition coefficient (Wildman–Crippen LogP) is 3.03. The van der Waals surface area contributed by atoms with E-state index in [1.165, 1.54) is 18.5 Å². The van der Waals surface area contributed by atoms with E-state index in [1.54, 1.807) is 0 Å². The van der Waals surface area contributed by atoms with Crippen LogP contribution in [0.5, 0.6) is 0 Å². The van der Waals surface area contributed by atoms with Crippen LogP contribution in [0, 0.1) is 11.8 Å². The fourth-order valence-corrected chi connectivity index (χ4v) is 1.25. The Balaban J connectivity index is 2.48. The van der Waals surface area contributed by atoms with E-state index in [9.17, 15) is 0 Å². The molecule has 1 atom stereocenters. The molecule has 0 amide bonds. The van der Waals surface area contributed by atoms with Crippen LogP contribution in [-0.4, -0.2) is 6.21 Å². The molecule has 0 saturated carbocycles. The highest BCUT2D eigenvalue weighted by Crippen LogP contribution is 2.25. The molecule has 0 N–H and O–H groups in total. The zero-order valence-corrected chi connectivity index (χ0v) is 7.67. The highest BCUT2D eigenvalue weighted by molar-refractivity contribution is 5.61. The fourth-order valence-electron chi connectivity index (χ4n) is 1.25. The second-order valence-electron chi connectivity index (χ2n) is 3.63. The van der Waals surface area contributed by atoms with Gasteiger partial charge in [0.2, 0.25) is 0 Å². The van der Waals surface area contributed by atoms with E-state index in [0.717, 1.165) is 0 Å². The number of hydrogen-bond donors (Lipinski definition) is 0. The Morgan fingerprint density at radius 3 is 2.82 bits per heavy atom. The van der Waals surface area contributed by atoms with Crippen molar-refractivity contribution >= 4 is 6.21 Å². The summed E-state index contributed by atoms with van der Waals surface area (Å²) >= 11 is 0. The Bertz CT molecular complexity index is 177. The van der Waals surface area contributed by atoms with Gasteiger partial charge in [-0.05, 0) is 24.7 Å². The van der Waals surface area contributed by atoms with Crippen LogP contribution in [0.3, 0.4) is 0 Å². The topological polar surface area (TPSA) is 12.4 Å². The van der Waals surface area contributed by atoms with E-state index >= 15 is 0 Å². The van der Waals surface area contributed by atoms with Crippen LogP contribution in [0.25, 0.3) is 0 Å². The quantitative estimate of drug-likeness (QED) is 0.538. The molecule has 0 aromatic rings. The summed E-state index contributed by atoms with van der Waals surface area (Å²) in [4.78, 5) is 4.44. The van der Waals surface area contributed by atoms with Crippen LogP contribution < -0.4 is 0 Å². The number of nitrogens with zero attached hydrogens (tertiary/aromatic N) is 1. The van der Waals surface area contributed by atoms with Gasteiger partial charge >= 0.3 is 0 Å². The summed E-state index contributed by atoms with van der Waals surface area (Å²) in [6.45, 7) is 6.56. The van der Waals surface area contributed by atoms with Crippen molar-refractivity contribution in [3.8, 4) is 0 Å². The monoisotopic (exact) mass is 151 g/mol. The van der Waals surface area contributed by atoms with Crippen molar-refractivity contribution in [1.29, 1.82) is 0 Å². The number of allylic oxidation sites excluding steroid dienone is 2. The summed E-state index contributed by atoms with van der Waals surface area (Å²) in [7, 11) is 0. The lowest BCUT2D eigenvalue weighted by molar-refractivity contribution is 0.664. The lowest BCUT2D eigenvalue weighted by atomic mass is 10.1. The largest absolute Gasteiger partial charge is 0.265 e. The molecule has 11 heavy (non-hydrogen) atoms. The van der Waals surface area contributed by atoms with Gasteiger partial charge in [-0.3, -0.25) is 4.99 Å². The molecule has 62 valence electrons. The van der Waals surface area contributed by atoms with E-state index in [4.69, 9.17) is 0 Å². The van der Waals surface area contributed by atoms with Gasteiger partial charge in [0, 0.05) is 11.9 Å². The molecule has 0 bridgehead atoms. The summed E-state index contributed by atoms with van der Waals surface area (Å²) in [6.07, 6.45) is 6.79. The van der Waals surface area contributed by atoms with E-state index in [0.29, 0.717) is 11.8 Å². The molecule has 1 aliphatic rings. The molecule has 1 heteroatoms. The fraction of sp³-hybridized carbons (Fsp3) is 0.700. The standard InChI is InChI=1S/C10H17N/c1-8(2)7-11-10-6-4-5-9(10)3/h6-9H,4-5H2,1-3H3. The third-order valence-corrected chi connectivity index (χ3v) is 1.98. The molecule has 0 aromatic carbocycles. The molecule has 1 aliphatic carbocycles. The Morgan fingerprint density at radius 2 is 2.36 bits per heavy atom. The molecule has 0 heterocycles. The van der Waals surface area contributed by atoms with Crippen molar-refractivity contribution in [2.45, 2.75) is 33.6 Å². The van der Waals surface area contributed by atoms with Crippen molar-refractivity contribution in [3.63, 3.8) is 0 Å². The lowest BCUT2D eigenvalue weighted by Gasteiger charge is -2.02. The summed E-state index contributed by atoms with van der Waals surface area (Å²) < 4.78 is 0. The minimum atomic E-state index is 0.573. The number of rotatable bonds is 2. The van der Waals surface area contributed by atoms with Gasteiger partial charge in [0.1, 0.15) is 0 Å².